The summed E-state index contributed by atoms with van der Waals surface area (Å²) in [4.78, 5) is 0. The molecular weight excluding hydrogens is 210 g/mol. The number of hydrogen-bond donors (Lipinski definition) is 0. The van der Waals surface area contributed by atoms with Crippen LogP contribution in [0.1, 0.15) is 36.0 Å². The van der Waals surface area contributed by atoms with Crippen LogP contribution in [0.15, 0.2) is 18.2 Å². The summed E-state index contributed by atoms with van der Waals surface area (Å²) in [5.41, 5.74) is 4.30. The van der Waals surface area contributed by atoms with Crippen molar-refractivity contribution in [3.63, 3.8) is 0 Å². The standard InChI is InChI=1S/C15H17NO/c16-8-7-15(10-17-11-15)14-6-5-12-3-1-2-4-13(12)9-14/h5-6,9H,1-4,7,10-11H2. The van der Waals surface area contributed by atoms with Crippen molar-refractivity contribution >= 4 is 0 Å². The molecule has 2 aliphatic rings. The smallest absolute Gasteiger partial charge is 0.0632 e. The quantitative estimate of drug-likeness (QED) is 0.778. The zero-order chi connectivity index (χ0) is 11.7. The van der Waals surface area contributed by atoms with Crippen LogP contribution in [-0.2, 0) is 23.0 Å². The zero-order valence-electron chi connectivity index (χ0n) is 10.0. The predicted molar refractivity (Wildman–Crippen MR) is 65.8 cm³/mol. The lowest BCUT2D eigenvalue weighted by atomic mass is 9.74. The lowest BCUT2D eigenvalue weighted by Crippen LogP contribution is -2.46. The van der Waals surface area contributed by atoms with Gasteiger partial charge < -0.3 is 4.74 Å². The van der Waals surface area contributed by atoms with Crippen molar-refractivity contribution in [1.82, 2.24) is 0 Å². The number of rotatable bonds is 2. The van der Waals surface area contributed by atoms with Crippen molar-refractivity contribution in [1.29, 1.82) is 5.26 Å². The van der Waals surface area contributed by atoms with Gasteiger partial charge in [-0.05, 0) is 42.4 Å². The van der Waals surface area contributed by atoms with E-state index < -0.39 is 0 Å². The molecule has 0 saturated carbocycles. The summed E-state index contributed by atoms with van der Waals surface area (Å²) in [7, 11) is 0. The first-order chi connectivity index (χ1) is 8.34. The summed E-state index contributed by atoms with van der Waals surface area (Å²) >= 11 is 0. The van der Waals surface area contributed by atoms with Crippen molar-refractivity contribution < 1.29 is 4.74 Å². The van der Waals surface area contributed by atoms with Crippen LogP contribution in [0.4, 0.5) is 0 Å². The summed E-state index contributed by atoms with van der Waals surface area (Å²) in [6, 6.07) is 9.11. The van der Waals surface area contributed by atoms with Crippen LogP contribution in [0.3, 0.4) is 0 Å². The van der Waals surface area contributed by atoms with E-state index in [0.29, 0.717) is 19.6 Å². The van der Waals surface area contributed by atoms with Crippen molar-refractivity contribution in [2.75, 3.05) is 13.2 Å². The minimum Gasteiger partial charge on any atom is -0.379 e. The molecule has 0 N–H and O–H groups in total. The highest BCUT2D eigenvalue weighted by Gasteiger charge is 2.40. The summed E-state index contributed by atoms with van der Waals surface area (Å²) in [6.07, 6.45) is 5.62. The van der Waals surface area contributed by atoms with Gasteiger partial charge in [-0.1, -0.05) is 18.2 Å². The number of hydrogen-bond acceptors (Lipinski definition) is 2. The van der Waals surface area contributed by atoms with E-state index in [2.05, 4.69) is 24.3 Å². The van der Waals surface area contributed by atoms with Crippen molar-refractivity contribution in [2.24, 2.45) is 0 Å². The number of aryl methyl sites for hydroxylation is 2. The van der Waals surface area contributed by atoms with Crippen LogP contribution in [0.2, 0.25) is 0 Å². The lowest BCUT2D eigenvalue weighted by molar-refractivity contribution is -0.0577. The molecule has 2 nitrogen and oxygen atoms in total. The third kappa shape index (κ3) is 1.75. The van der Waals surface area contributed by atoms with Gasteiger partial charge in [0.25, 0.3) is 0 Å². The van der Waals surface area contributed by atoms with Gasteiger partial charge in [0.05, 0.1) is 24.7 Å². The number of fused-ring (bicyclic) bond motifs is 1. The Morgan fingerprint density at radius 1 is 1.18 bits per heavy atom. The fourth-order valence-corrected chi connectivity index (χ4v) is 2.93. The maximum atomic E-state index is 8.96. The van der Waals surface area contributed by atoms with Gasteiger partial charge in [0, 0.05) is 6.42 Å². The van der Waals surface area contributed by atoms with Crippen molar-refractivity contribution in [3.8, 4) is 6.07 Å². The summed E-state index contributed by atoms with van der Waals surface area (Å²) < 4.78 is 5.34. The first kappa shape index (κ1) is 10.8. The molecule has 1 saturated heterocycles. The fraction of sp³-hybridized carbons (Fsp3) is 0.533. The van der Waals surface area contributed by atoms with E-state index >= 15 is 0 Å². The van der Waals surface area contributed by atoms with E-state index in [1.807, 2.05) is 0 Å². The molecule has 1 fully saturated rings. The maximum absolute atomic E-state index is 8.96. The van der Waals surface area contributed by atoms with Gasteiger partial charge in [0.2, 0.25) is 0 Å². The van der Waals surface area contributed by atoms with E-state index in [-0.39, 0.29) is 5.41 Å². The topological polar surface area (TPSA) is 33.0 Å². The summed E-state index contributed by atoms with van der Waals surface area (Å²) in [5.74, 6) is 0. The highest BCUT2D eigenvalue weighted by molar-refractivity contribution is 5.39. The average Bonchev–Trinajstić information content (AvgIpc) is 2.33. The number of ether oxygens (including phenoxy) is 1. The Morgan fingerprint density at radius 3 is 2.59 bits per heavy atom. The Hall–Kier alpha value is -1.33. The molecule has 0 amide bonds. The van der Waals surface area contributed by atoms with Gasteiger partial charge in [-0.2, -0.15) is 5.26 Å². The van der Waals surface area contributed by atoms with Crippen LogP contribution in [-0.4, -0.2) is 13.2 Å². The number of nitriles is 1. The Kier molecular flexibility index (Phi) is 2.64. The fourth-order valence-electron chi connectivity index (χ4n) is 2.93. The molecule has 0 spiro atoms. The SMILES string of the molecule is N#CCC1(c2ccc3c(c2)CCCC3)COC1. The highest BCUT2D eigenvalue weighted by atomic mass is 16.5. The zero-order valence-corrected chi connectivity index (χ0v) is 10.0. The molecule has 1 aromatic carbocycles. The Bertz CT molecular complexity index is 468. The summed E-state index contributed by atoms with van der Waals surface area (Å²) in [5, 5.41) is 8.96. The molecule has 17 heavy (non-hydrogen) atoms. The third-order valence-corrected chi connectivity index (χ3v) is 4.14. The molecule has 0 unspecified atom stereocenters. The molecule has 0 aromatic heterocycles. The highest BCUT2D eigenvalue weighted by Crippen LogP contribution is 2.37. The lowest BCUT2D eigenvalue weighted by Gasteiger charge is -2.40. The number of benzene rings is 1. The van der Waals surface area contributed by atoms with Gasteiger partial charge in [-0.15, -0.1) is 0 Å². The Morgan fingerprint density at radius 2 is 1.94 bits per heavy atom. The van der Waals surface area contributed by atoms with Crippen LogP contribution < -0.4 is 0 Å². The number of nitrogens with zero attached hydrogens (tertiary/aromatic N) is 1. The molecule has 1 heterocycles. The van der Waals surface area contributed by atoms with E-state index in [4.69, 9.17) is 10.00 Å². The minimum atomic E-state index is -0.0127. The molecule has 1 aliphatic heterocycles. The van der Waals surface area contributed by atoms with Gasteiger partial charge in [-0.25, -0.2) is 0 Å². The second-order valence-corrected chi connectivity index (χ2v) is 5.30. The molecule has 2 heteroatoms. The van der Waals surface area contributed by atoms with Gasteiger partial charge >= 0.3 is 0 Å². The molecule has 0 atom stereocenters. The van der Waals surface area contributed by atoms with Crippen LogP contribution in [0.25, 0.3) is 0 Å². The maximum Gasteiger partial charge on any atom is 0.0632 e. The molecule has 88 valence electrons. The van der Waals surface area contributed by atoms with Gasteiger partial charge in [0.15, 0.2) is 0 Å². The van der Waals surface area contributed by atoms with E-state index in [1.54, 1.807) is 0 Å². The first-order valence-electron chi connectivity index (χ1n) is 6.41. The van der Waals surface area contributed by atoms with Crippen molar-refractivity contribution in [3.05, 3.63) is 34.9 Å². The average molecular weight is 227 g/mol. The molecule has 1 aromatic rings. The Labute approximate surface area is 102 Å². The van der Waals surface area contributed by atoms with Crippen LogP contribution in [0.5, 0.6) is 0 Å². The van der Waals surface area contributed by atoms with Crippen LogP contribution >= 0.6 is 0 Å². The molecule has 1 aliphatic carbocycles. The van der Waals surface area contributed by atoms with Crippen molar-refractivity contribution in [2.45, 2.75) is 37.5 Å². The van der Waals surface area contributed by atoms with E-state index in [1.165, 1.54) is 42.4 Å². The van der Waals surface area contributed by atoms with Gasteiger partial charge in [-0.3, -0.25) is 0 Å². The second kappa shape index (κ2) is 4.16. The third-order valence-electron chi connectivity index (χ3n) is 4.14. The predicted octanol–water partition coefficient (Wildman–Crippen LogP) is 2.75. The second-order valence-electron chi connectivity index (χ2n) is 5.30. The monoisotopic (exact) mass is 227 g/mol. The normalized spacial score (nSPS) is 21.1. The first-order valence-corrected chi connectivity index (χ1v) is 6.41. The minimum absolute atomic E-state index is 0.0127. The van der Waals surface area contributed by atoms with Crippen LogP contribution in [0, 0.1) is 11.3 Å². The van der Waals surface area contributed by atoms with E-state index in [0.717, 1.165) is 0 Å². The molecule has 0 bridgehead atoms. The Balaban J connectivity index is 1.95. The molecule has 3 rings (SSSR count). The summed E-state index contributed by atoms with van der Waals surface area (Å²) in [6.45, 7) is 1.42. The molecular formula is C15H17NO. The molecule has 0 radical (unpaired) electrons. The van der Waals surface area contributed by atoms with E-state index in [9.17, 15) is 0 Å². The van der Waals surface area contributed by atoms with Gasteiger partial charge in [0.1, 0.15) is 0 Å². The largest absolute Gasteiger partial charge is 0.379 e.